The van der Waals surface area contributed by atoms with Crippen molar-refractivity contribution in [2.24, 2.45) is 0 Å². The molecule has 9 heteroatoms. The fourth-order valence-corrected chi connectivity index (χ4v) is 2.65. The Balaban J connectivity index is 1.82. The molecule has 0 saturated heterocycles. The van der Waals surface area contributed by atoms with Gasteiger partial charge >= 0.3 is 0 Å². The minimum atomic E-state index is -0.765. The van der Waals surface area contributed by atoms with Gasteiger partial charge in [-0.15, -0.1) is 5.10 Å². The Hall–Kier alpha value is -3.13. The molecule has 0 spiro atoms. The zero-order chi connectivity index (χ0) is 18.1. The van der Waals surface area contributed by atoms with Crippen LogP contribution in [0.5, 0.6) is 0 Å². The quantitative estimate of drug-likeness (QED) is 0.591. The van der Waals surface area contributed by atoms with Gasteiger partial charge in [-0.05, 0) is 23.8 Å². The third kappa shape index (κ3) is 2.95. The molecule has 0 radical (unpaired) electrons. The molecule has 1 N–H and O–H groups in total. The first kappa shape index (κ1) is 16.3. The van der Waals surface area contributed by atoms with Gasteiger partial charge in [-0.3, -0.25) is 4.98 Å². The van der Waals surface area contributed by atoms with Gasteiger partial charge < -0.3 is 5.32 Å². The molecule has 0 aliphatic carbocycles. The van der Waals surface area contributed by atoms with Crippen molar-refractivity contribution in [3.63, 3.8) is 0 Å². The molecule has 6 nitrogen and oxygen atoms in total. The molecule has 0 unspecified atom stereocenters. The summed E-state index contributed by atoms with van der Waals surface area (Å²) in [6, 6.07) is 7.25. The third-order valence-corrected chi connectivity index (χ3v) is 3.95. The van der Waals surface area contributed by atoms with Crippen LogP contribution in [0.3, 0.4) is 0 Å². The predicted molar refractivity (Wildman–Crippen MR) is 92.7 cm³/mol. The second kappa shape index (κ2) is 6.64. The molecular formula is C17H11ClF2N6. The molecule has 0 atom stereocenters. The highest BCUT2D eigenvalue weighted by molar-refractivity contribution is 6.29. The number of hydrogen-bond donors (Lipinski definition) is 1. The van der Waals surface area contributed by atoms with Crippen molar-refractivity contribution in [3.05, 3.63) is 71.3 Å². The van der Waals surface area contributed by atoms with Crippen LogP contribution in [0.15, 0.2) is 48.9 Å². The van der Waals surface area contributed by atoms with Gasteiger partial charge in [0.15, 0.2) is 22.4 Å². The van der Waals surface area contributed by atoms with Crippen LogP contribution in [0, 0.1) is 11.6 Å². The summed E-state index contributed by atoms with van der Waals surface area (Å²) < 4.78 is 29.6. The number of nitrogens with zero attached hydrogens (tertiary/aromatic N) is 5. The highest BCUT2D eigenvalue weighted by Crippen LogP contribution is 2.26. The van der Waals surface area contributed by atoms with Gasteiger partial charge in [0.1, 0.15) is 11.6 Å². The third-order valence-electron chi connectivity index (χ3n) is 3.69. The van der Waals surface area contributed by atoms with E-state index in [0.717, 1.165) is 17.7 Å². The topological polar surface area (TPSA) is 68.0 Å². The first-order valence-corrected chi connectivity index (χ1v) is 7.99. The van der Waals surface area contributed by atoms with Crippen LogP contribution < -0.4 is 5.32 Å². The molecule has 1 aromatic carbocycles. The van der Waals surface area contributed by atoms with Gasteiger partial charge in [0.25, 0.3) is 0 Å². The minimum absolute atomic E-state index is 0.137. The Morgan fingerprint density at radius 2 is 1.88 bits per heavy atom. The van der Waals surface area contributed by atoms with Crippen molar-refractivity contribution >= 4 is 23.1 Å². The first-order chi connectivity index (χ1) is 12.6. The number of halogens is 3. The number of benzene rings is 1. The first-order valence-electron chi connectivity index (χ1n) is 7.62. The molecule has 0 amide bonds. The van der Waals surface area contributed by atoms with Crippen molar-refractivity contribution in [3.8, 4) is 11.4 Å². The van der Waals surface area contributed by atoms with Crippen molar-refractivity contribution in [1.29, 1.82) is 0 Å². The summed E-state index contributed by atoms with van der Waals surface area (Å²) in [5.41, 5.74) is 0.920. The van der Waals surface area contributed by atoms with Gasteiger partial charge in [-0.2, -0.15) is 4.52 Å². The number of fused-ring (bicyclic) bond motifs is 1. The Morgan fingerprint density at radius 3 is 2.62 bits per heavy atom. The van der Waals surface area contributed by atoms with E-state index in [1.54, 1.807) is 18.5 Å². The fourth-order valence-electron chi connectivity index (χ4n) is 2.48. The molecule has 3 heterocycles. The lowest BCUT2D eigenvalue weighted by Crippen LogP contribution is -2.09. The maximum atomic E-state index is 14.1. The molecular weight excluding hydrogens is 362 g/mol. The van der Waals surface area contributed by atoms with Crippen LogP contribution in [0.2, 0.25) is 5.15 Å². The highest BCUT2D eigenvalue weighted by Gasteiger charge is 2.18. The highest BCUT2D eigenvalue weighted by atomic mass is 35.5. The zero-order valence-electron chi connectivity index (χ0n) is 13.2. The molecule has 4 aromatic rings. The second-order valence-electron chi connectivity index (χ2n) is 5.41. The summed E-state index contributed by atoms with van der Waals surface area (Å²) in [5.74, 6) is -1.37. The largest absolute Gasteiger partial charge is 0.363 e. The number of hydrogen-bond acceptors (Lipinski definition) is 5. The van der Waals surface area contributed by atoms with Gasteiger partial charge in [0, 0.05) is 18.9 Å². The summed E-state index contributed by atoms with van der Waals surface area (Å²) in [5, 5.41) is 7.41. The molecule has 0 bridgehead atoms. The smallest absolute Gasteiger partial charge is 0.198 e. The number of imidazole rings is 1. The van der Waals surface area contributed by atoms with Crippen LogP contribution >= 0.6 is 11.6 Å². The number of nitrogens with one attached hydrogen (secondary N) is 1. The average Bonchev–Trinajstić information content (AvgIpc) is 3.02. The van der Waals surface area contributed by atoms with E-state index >= 15 is 0 Å². The standard InChI is InChI=1S/C17H11ClF2N6/c18-13-9-23-17-16(22-8-10-3-2-6-21-7-10)24-15(25-26(13)17)14-11(19)4-1-5-12(14)20/h1-7,9H,8H2,(H,22,24,25). The van der Waals surface area contributed by atoms with E-state index in [-0.39, 0.29) is 16.5 Å². The van der Waals surface area contributed by atoms with E-state index < -0.39 is 11.6 Å². The van der Waals surface area contributed by atoms with Crippen LogP contribution in [-0.4, -0.2) is 24.6 Å². The number of rotatable bonds is 4. The summed E-state index contributed by atoms with van der Waals surface area (Å²) in [7, 11) is 0. The summed E-state index contributed by atoms with van der Waals surface area (Å²) in [6.45, 7) is 0.393. The Kier molecular flexibility index (Phi) is 4.18. The van der Waals surface area contributed by atoms with Gasteiger partial charge in [0.2, 0.25) is 0 Å². The minimum Gasteiger partial charge on any atom is -0.363 e. The number of anilines is 1. The van der Waals surface area contributed by atoms with Gasteiger partial charge in [0.05, 0.1) is 11.8 Å². The van der Waals surface area contributed by atoms with Gasteiger partial charge in [-0.1, -0.05) is 23.7 Å². The van der Waals surface area contributed by atoms with Crippen LogP contribution in [0.25, 0.3) is 17.0 Å². The van der Waals surface area contributed by atoms with Crippen LogP contribution in [-0.2, 0) is 6.54 Å². The zero-order valence-corrected chi connectivity index (χ0v) is 14.0. The second-order valence-corrected chi connectivity index (χ2v) is 5.80. The molecule has 3 aromatic heterocycles. The SMILES string of the molecule is Fc1cccc(F)c1-c1nc(NCc2cccnc2)c2ncc(Cl)n2n1. The van der Waals surface area contributed by atoms with Crippen molar-refractivity contribution in [2.45, 2.75) is 6.54 Å². The van der Waals surface area contributed by atoms with Crippen LogP contribution in [0.4, 0.5) is 14.6 Å². The molecule has 0 saturated carbocycles. The lowest BCUT2D eigenvalue weighted by Gasteiger charge is -2.10. The van der Waals surface area contributed by atoms with Gasteiger partial charge in [-0.25, -0.2) is 18.7 Å². The van der Waals surface area contributed by atoms with E-state index in [2.05, 4.69) is 25.4 Å². The Bertz CT molecular complexity index is 1060. The van der Waals surface area contributed by atoms with E-state index in [0.29, 0.717) is 18.0 Å². The normalized spacial score (nSPS) is 11.0. The van der Waals surface area contributed by atoms with E-state index in [1.807, 2.05) is 6.07 Å². The summed E-state index contributed by atoms with van der Waals surface area (Å²) in [4.78, 5) is 12.4. The van der Waals surface area contributed by atoms with Crippen molar-refractivity contribution in [1.82, 2.24) is 24.6 Å². The molecule has 0 aliphatic rings. The van der Waals surface area contributed by atoms with Crippen molar-refractivity contribution in [2.75, 3.05) is 5.32 Å². The molecule has 4 rings (SSSR count). The van der Waals surface area contributed by atoms with E-state index in [1.165, 1.54) is 16.8 Å². The van der Waals surface area contributed by atoms with E-state index in [9.17, 15) is 8.78 Å². The molecule has 26 heavy (non-hydrogen) atoms. The lowest BCUT2D eigenvalue weighted by molar-refractivity contribution is 0.586. The van der Waals surface area contributed by atoms with Crippen molar-refractivity contribution < 1.29 is 8.78 Å². The summed E-state index contributed by atoms with van der Waals surface area (Å²) >= 11 is 6.09. The predicted octanol–water partition coefficient (Wildman–Crippen LogP) is 3.73. The van der Waals surface area contributed by atoms with Crippen LogP contribution in [0.1, 0.15) is 5.56 Å². The Morgan fingerprint density at radius 1 is 1.08 bits per heavy atom. The fraction of sp³-hybridized carbons (Fsp3) is 0.0588. The molecule has 0 fully saturated rings. The lowest BCUT2D eigenvalue weighted by atomic mass is 10.2. The maximum Gasteiger partial charge on any atom is 0.198 e. The summed E-state index contributed by atoms with van der Waals surface area (Å²) in [6.07, 6.45) is 4.75. The molecule has 130 valence electrons. The monoisotopic (exact) mass is 372 g/mol. The number of aromatic nitrogens is 5. The number of pyridine rings is 1. The maximum absolute atomic E-state index is 14.1. The van der Waals surface area contributed by atoms with E-state index in [4.69, 9.17) is 11.6 Å². The average molecular weight is 373 g/mol. The Labute approximate surface area is 151 Å². The molecule has 0 aliphatic heterocycles.